The summed E-state index contributed by atoms with van der Waals surface area (Å²) in [7, 11) is 1.68. The lowest BCUT2D eigenvalue weighted by Crippen LogP contribution is -2.24. The number of nitrogens with one attached hydrogen (secondary N) is 1. The summed E-state index contributed by atoms with van der Waals surface area (Å²) in [5.74, 6) is 2.73. The Labute approximate surface area is 168 Å². The van der Waals surface area contributed by atoms with Gasteiger partial charge in [0.1, 0.15) is 17.5 Å². The number of hydrogen-bond acceptors (Lipinski definition) is 6. The first-order valence-electron chi connectivity index (χ1n) is 10.3. The molecule has 152 valence electrons. The van der Waals surface area contributed by atoms with E-state index in [4.69, 9.17) is 14.7 Å². The second-order valence-electron chi connectivity index (χ2n) is 8.53. The molecule has 0 atom stereocenters. The molecule has 1 aliphatic rings. The topological polar surface area (TPSA) is 63.2 Å². The summed E-state index contributed by atoms with van der Waals surface area (Å²) in [5.41, 5.74) is 1.92. The van der Waals surface area contributed by atoms with Crippen molar-refractivity contribution < 1.29 is 4.74 Å². The van der Waals surface area contributed by atoms with Crippen LogP contribution in [0.25, 0.3) is 0 Å². The second kappa shape index (κ2) is 9.32. The Hall–Kier alpha value is -2.21. The van der Waals surface area contributed by atoms with Crippen LogP contribution in [0.2, 0.25) is 0 Å². The van der Waals surface area contributed by atoms with Crippen molar-refractivity contribution in [3.8, 4) is 0 Å². The number of anilines is 2. The lowest BCUT2D eigenvalue weighted by Gasteiger charge is -2.21. The Kier molecular flexibility index (Phi) is 6.83. The average Bonchev–Trinajstić information content (AvgIpc) is 2.96. The van der Waals surface area contributed by atoms with Crippen LogP contribution in [0.15, 0.2) is 24.4 Å². The number of methoxy groups -OCH3 is 1. The average molecular weight is 384 g/mol. The van der Waals surface area contributed by atoms with Crippen molar-refractivity contribution in [3.05, 3.63) is 41.5 Å². The molecule has 6 nitrogen and oxygen atoms in total. The summed E-state index contributed by atoms with van der Waals surface area (Å²) in [6.45, 7) is 9.75. The predicted molar refractivity (Wildman–Crippen MR) is 114 cm³/mol. The molecule has 1 fully saturated rings. The molecular weight excluding hydrogens is 350 g/mol. The van der Waals surface area contributed by atoms with Gasteiger partial charge >= 0.3 is 0 Å². The summed E-state index contributed by atoms with van der Waals surface area (Å²) in [6.07, 6.45) is 7.16. The fraction of sp³-hybridized carbons (Fsp3) is 0.591. The van der Waals surface area contributed by atoms with Crippen LogP contribution in [0.1, 0.15) is 63.5 Å². The van der Waals surface area contributed by atoms with Gasteiger partial charge in [0.05, 0.1) is 12.3 Å². The summed E-state index contributed by atoms with van der Waals surface area (Å²) in [6, 6.07) is 6.25. The molecule has 2 aromatic heterocycles. The molecule has 0 aliphatic carbocycles. The van der Waals surface area contributed by atoms with Gasteiger partial charge in [0.15, 0.2) is 0 Å². The highest BCUT2D eigenvalue weighted by atomic mass is 16.5. The van der Waals surface area contributed by atoms with Crippen LogP contribution in [-0.4, -0.2) is 35.2 Å². The van der Waals surface area contributed by atoms with Gasteiger partial charge in [-0.1, -0.05) is 39.7 Å². The van der Waals surface area contributed by atoms with Crippen LogP contribution >= 0.6 is 0 Å². The third kappa shape index (κ3) is 5.64. The minimum Gasteiger partial charge on any atom is -0.378 e. The zero-order chi connectivity index (χ0) is 20.0. The molecule has 1 aliphatic heterocycles. The highest BCUT2D eigenvalue weighted by Gasteiger charge is 2.19. The molecule has 3 rings (SSSR count). The summed E-state index contributed by atoms with van der Waals surface area (Å²) >= 11 is 0. The van der Waals surface area contributed by atoms with Crippen LogP contribution in [-0.2, 0) is 23.3 Å². The summed E-state index contributed by atoms with van der Waals surface area (Å²) < 4.78 is 5.26. The number of aromatic nitrogens is 3. The minimum atomic E-state index is -0.115. The van der Waals surface area contributed by atoms with Crippen LogP contribution in [0.5, 0.6) is 0 Å². The Bertz CT molecular complexity index is 747. The quantitative estimate of drug-likeness (QED) is 0.802. The number of ether oxygens (including phenoxy) is 1. The highest BCUT2D eigenvalue weighted by molar-refractivity contribution is 5.41. The second-order valence-corrected chi connectivity index (χ2v) is 8.53. The monoisotopic (exact) mass is 383 g/mol. The van der Waals surface area contributed by atoms with Crippen LogP contribution in [0, 0.1) is 0 Å². The van der Waals surface area contributed by atoms with Crippen molar-refractivity contribution in [1.29, 1.82) is 0 Å². The van der Waals surface area contributed by atoms with Crippen molar-refractivity contribution in [3.63, 3.8) is 0 Å². The summed E-state index contributed by atoms with van der Waals surface area (Å²) in [4.78, 5) is 16.4. The standard InChI is InChI=1S/C22H33N5O/c1-22(2,3)21-25-18(16-28-4)13-19(26-21)23-14-17-9-10-20(24-15-17)27-11-7-5-6-8-12-27/h9-10,13,15H,5-8,11-12,14,16H2,1-4H3,(H,23,25,26). The van der Waals surface area contributed by atoms with E-state index in [-0.39, 0.29) is 5.41 Å². The third-order valence-corrected chi connectivity index (χ3v) is 4.96. The van der Waals surface area contributed by atoms with Crippen LogP contribution in [0.3, 0.4) is 0 Å². The fourth-order valence-corrected chi connectivity index (χ4v) is 3.35. The Balaban J connectivity index is 1.67. The first-order chi connectivity index (χ1) is 13.5. The molecule has 3 heterocycles. The normalized spacial score (nSPS) is 15.4. The zero-order valence-corrected chi connectivity index (χ0v) is 17.7. The largest absolute Gasteiger partial charge is 0.378 e. The zero-order valence-electron chi connectivity index (χ0n) is 17.7. The molecule has 1 saturated heterocycles. The van der Waals surface area contributed by atoms with Gasteiger partial charge in [0.25, 0.3) is 0 Å². The highest BCUT2D eigenvalue weighted by Crippen LogP contribution is 2.22. The molecule has 0 saturated carbocycles. The van der Waals surface area contributed by atoms with E-state index in [2.05, 4.69) is 48.1 Å². The van der Waals surface area contributed by atoms with Crippen molar-refractivity contribution in [2.45, 2.75) is 65.0 Å². The summed E-state index contributed by atoms with van der Waals surface area (Å²) in [5, 5.41) is 3.42. The van der Waals surface area contributed by atoms with Gasteiger partial charge in [-0.2, -0.15) is 0 Å². The van der Waals surface area contributed by atoms with E-state index in [1.165, 1.54) is 25.7 Å². The molecule has 6 heteroatoms. The van der Waals surface area contributed by atoms with Crippen molar-refractivity contribution in [2.75, 3.05) is 30.4 Å². The van der Waals surface area contributed by atoms with Gasteiger partial charge in [0, 0.05) is 44.4 Å². The Morgan fingerprint density at radius 1 is 1.07 bits per heavy atom. The number of rotatable bonds is 6. The molecule has 0 radical (unpaired) electrons. The van der Waals surface area contributed by atoms with Gasteiger partial charge in [-0.05, 0) is 24.5 Å². The molecule has 0 unspecified atom stereocenters. The van der Waals surface area contributed by atoms with Gasteiger partial charge in [-0.3, -0.25) is 0 Å². The first-order valence-corrected chi connectivity index (χ1v) is 10.3. The SMILES string of the molecule is COCc1cc(NCc2ccc(N3CCCCCC3)nc2)nc(C(C)(C)C)n1. The van der Waals surface area contributed by atoms with Gasteiger partial charge in [-0.15, -0.1) is 0 Å². The number of pyridine rings is 1. The third-order valence-electron chi connectivity index (χ3n) is 4.96. The molecule has 2 aromatic rings. The van der Waals surface area contributed by atoms with Crippen molar-refractivity contribution >= 4 is 11.6 Å². The molecule has 28 heavy (non-hydrogen) atoms. The molecule has 0 spiro atoms. The maximum absolute atomic E-state index is 5.26. The van der Waals surface area contributed by atoms with E-state index in [0.29, 0.717) is 13.2 Å². The molecule has 1 N–H and O–H groups in total. The van der Waals surface area contributed by atoms with Crippen molar-refractivity contribution in [2.24, 2.45) is 0 Å². The lowest BCUT2D eigenvalue weighted by molar-refractivity contribution is 0.181. The van der Waals surface area contributed by atoms with Gasteiger partial charge in [-0.25, -0.2) is 15.0 Å². The van der Waals surface area contributed by atoms with E-state index in [1.807, 2.05) is 12.3 Å². The fourth-order valence-electron chi connectivity index (χ4n) is 3.35. The first kappa shape index (κ1) is 20.5. The molecule has 0 amide bonds. The Morgan fingerprint density at radius 3 is 2.43 bits per heavy atom. The van der Waals surface area contributed by atoms with E-state index in [1.54, 1.807) is 7.11 Å². The predicted octanol–water partition coefficient (Wildman–Crippen LogP) is 4.31. The number of hydrogen-bond donors (Lipinski definition) is 1. The van der Waals surface area contributed by atoms with Crippen molar-refractivity contribution in [1.82, 2.24) is 15.0 Å². The minimum absolute atomic E-state index is 0.115. The van der Waals surface area contributed by atoms with E-state index in [9.17, 15) is 0 Å². The van der Waals surface area contributed by atoms with Crippen LogP contribution in [0.4, 0.5) is 11.6 Å². The van der Waals surface area contributed by atoms with E-state index in [0.717, 1.165) is 41.8 Å². The lowest BCUT2D eigenvalue weighted by atomic mass is 9.95. The van der Waals surface area contributed by atoms with Gasteiger partial charge in [0.2, 0.25) is 0 Å². The van der Waals surface area contributed by atoms with Gasteiger partial charge < -0.3 is 15.0 Å². The Morgan fingerprint density at radius 2 is 1.82 bits per heavy atom. The maximum atomic E-state index is 5.26. The smallest absolute Gasteiger partial charge is 0.136 e. The number of nitrogens with zero attached hydrogens (tertiary/aromatic N) is 4. The molecule has 0 bridgehead atoms. The molecule has 0 aromatic carbocycles. The van der Waals surface area contributed by atoms with E-state index < -0.39 is 0 Å². The maximum Gasteiger partial charge on any atom is 0.136 e. The van der Waals surface area contributed by atoms with E-state index >= 15 is 0 Å². The van der Waals surface area contributed by atoms with Crippen LogP contribution < -0.4 is 10.2 Å². The molecular formula is C22H33N5O.